The molecule has 0 spiro atoms. The SMILES string of the molecule is Cc1ccc(CNC(=O)[C@@H](Cc2c[nH]c3ccccc23)NC(=O)OCc2ccccc2)cc1. The summed E-state index contributed by atoms with van der Waals surface area (Å²) in [7, 11) is 0. The molecule has 0 fully saturated rings. The van der Waals surface area contributed by atoms with Crippen LogP contribution in [0.3, 0.4) is 0 Å². The zero-order valence-corrected chi connectivity index (χ0v) is 18.5. The van der Waals surface area contributed by atoms with Gasteiger partial charge in [-0.25, -0.2) is 4.79 Å². The number of fused-ring (bicyclic) bond motifs is 1. The topological polar surface area (TPSA) is 83.2 Å². The number of carbonyl (C=O) groups is 2. The van der Waals surface area contributed by atoms with Crippen LogP contribution in [0.2, 0.25) is 0 Å². The summed E-state index contributed by atoms with van der Waals surface area (Å²) < 4.78 is 5.35. The van der Waals surface area contributed by atoms with Crippen molar-refractivity contribution in [3.05, 3.63) is 107 Å². The number of alkyl carbamates (subject to hydrolysis) is 1. The highest BCUT2D eigenvalue weighted by Gasteiger charge is 2.23. The third kappa shape index (κ3) is 6.01. The van der Waals surface area contributed by atoms with Crippen LogP contribution in [0.15, 0.2) is 85.1 Å². The molecule has 4 rings (SSSR count). The molecule has 1 atom stereocenters. The molecule has 0 aliphatic rings. The van der Waals surface area contributed by atoms with Gasteiger partial charge in [-0.05, 0) is 29.7 Å². The van der Waals surface area contributed by atoms with Gasteiger partial charge in [0.25, 0.3) is 0 Å². The lowest BCUT2D eigenvalue weighted by Crippen LogP contribution is -2.48. The highest BCUT2D eigenvalue weighted by Crippen LogP contribution is 2.19. The second-order valence-corrected chi connectivity index (χ2v) is 8.03. The Morgan fingerprint density at radius 3 is 2.42 bits per heavy atom. The van der Waals surface area contributed by atoms with Gasteiger partial charge in [0.1, 0.15) is 12.6 Å². The summed E-state index contributed by atoms with van der Waals surface area (Å²) in [5.41, 5.74) is 4.96. The number of hydrogen-bond acceptors (Lipinski definition) is 3. The molecule has 6 heteroatoms. The molecule has 168 valence electrons. The number of amides is 2. The van der Waals surface area contributed by atoms with Crippen molar-refractivity contribution in [2.75, 3.05) is 0 Å². The minimum absolute atomic E-state index is 0.136. The van der Waals surface area contributed by atoms with E-state index in [1.54, 1.807) is 0 Å². The molecule has 3 N–H and O–H groups in total. The lowest BCUT2D eigenvalue weighted by Gasteiger charge is -2.18. The third-order valence-electron chi connectivity index (χ3n) is 5.51. The average Bonchev–Trinajstić information content (AvgIpc) is 3.25. The summed E-state index contributed by atoms with van der Waals surface area (Å²) in [6.07, 6.45) is 1.58. The van der Waals surface area contributed by atoms with E-state index in [-0.39, 0.29) is 12.5 Å². The Hall–Kier alpha value is -4.06. The second kappa shape index (κ2) is 10.5. The van der Waals surface area contributed by atoms with Crippen molar-refractivity contribution in [1.82, 2.24) is 15.6 Å². The summed E-state index contributed by atoms with van der Waals surface area (Å²) in [5.74, 6) is -0.266. The van der Waals surface area contributed by atoms with Gasteiger partial charge in [-0.1, -0.05) is 78.4 Å². The van der Waals surface area contributed by atoms with Crippen LogP contribution in [0.4, 0.5) is 4.79 Å². The Bertz CT molecular complexity index is 1220. The van der Waals surface area contributed by atoms with Gasteiger partial charge in [-0.15, -0.1) is 0 Å². The van der Waals surface area contributed by atoms with E-state index in [0.717, 1.165) is 33.2 Å². The molecule has 1 heterocycles. The standard InChI is InChI=1S/C27H27N3O3/c1-19-11-13-20(14-12-19)16-29-26(31)25(15-22-17-28-24-10-6-5-9-23(22)24)30-27(32)33-18-21-7-3-2-4-8-21/h2-14,17,25,28H,15-16,18H2,1H3,(H,29,31)(H,30,32)/t25-/m1/s1. The average molecular weight is 442 g/mol. The number of ether oxygens (including phenoxy) is 1. The first-order valence-electron chi connectivity index (χ1n) is 10.9. The zero-order valence-electron chi connectivity index (χ0n) is 18.5. The third-order valence-corrected chi connectivity index (χ3v) is 5.51. The van der Waals surface area contributed by atoms with Crippen LogP contribution in [0.25, 0.3) is 10.9 Å². The summed E-state index contributed by atoms with van der Waals surface area (Å²) in [6.45, 7) is 2.53. The van der Waals surface area contributed by atoms with Crippen LogP contribution in [0.1, 0.15) is 22.3 Å². The Kier molecular flexibility index (Phi) is 7.05. The van der Waals surface area contributed by atoms with Crippen molar-refractivity contribution in [3.8, 4) is 0 Å². The minimum Gasteiger partial charge on any atom is -0.445 e. The van der Waals surface area contributed by atoms with Crippen LogP contribution in [-0.4, -0.2) is 23.0 Å². The summed E-state index contributed by atoms with van der Waals surface area (Å²) in [5, 5.41) is 6.71. The molecule has 0 saturated carbocycles. The number of carbonyl (C=O) groups excluding carboxylic acids is 2. The van der Waals surface area contributed by atoms with Gasteiger partial charge in [-0.2, -0.15) is 0 Å². The minimum atomic E-state index is -0.780. The van der Waals surface area contributed by atoms with E-state index >= 15 is 0 Å². The fraction of sp³-hybridized carbons (Fsp3) is 0.185. The molecule has 0 radical (unpaired) electrons. The van der Waals surface area contributed by atoms with Crippen LogP contribution < -0.4 is 10.6 Å². The van der Waals surface area contributed by atoms with Gasteiger partial charge in [0, 0.05) is 30.1 Å². The van der Waals surface area contributed by atoms with Crippen LogP contribution in [0.5, 0.6) is 0 Å². The maximum absolute atomic E-state index is 13.1. The fourth-order valence-corrected chi connectivity index (χ4v) is 3.66. The van der Waals surface area contributed by atoms with Crippen LogP contribution >= 0.6 is 0 Å². The molecule has 0 saturated heterocycles. The quantitative estimate of drug-likeness (QED) is 0.373. The Balaban J connectivity index is 1.44. The molecule has 0 aliphatic carbocycles. The van der Waals surface area contributed by atoms with E-state index in [9.17, 15) is 9.59 Å². The Morgan fingerprint density at radius 1 is 0.909 bits per heavy atom. The lowest BCUT2D eigenvalue weighted by atomic mass is 10.0. The van der Waals surface area contributed by atoms with Crippen molar-refractivity contribution in [2.45, 2.75) is 32.5 Å². The van der Waals surface area contributed by atoms with Gasteiger partial charge < -0.3 is 20.4 Å². The van der Waals surface area contributed by atoms with Crippen molar-refractivity contribution < 1.29 is 14.3 Å². The highest BCUT2D eigenvalue weighted by molar-refractivity contribution is 5.88. The largest absolute Gasteiger partial charge is 0.445 e. The van der Waals surface area contributed by atoms with Crippen molar-refractivity contribution in [2.24, 2.45) is 0 Å². The molecule has 2 amide bonds. The number of nitrogens with one attached hydrogen (secondary N) is 3. The number of benzene rings is 3. The zero-order chi connectivity index (χ0) is 23.0. The molecule has 3 aromatic carbocycles. The van der Waals surface area contributed by atoms with Crippen LogP contribution in [0, 0.1) is 6.92 Å². The number of hydrogen-bond donors (Lipinski definition) is 3. The van der Waals surface area contributed by atoms with Gasteiger partial charge in [-0.3, -0.25) is 4.79 Å². The molecule has 0 aliphatic heterocycles. The van der Waals surface area contributed by atoms with E-state index in [1.807, 2.05) is 92.0 Å². The van der Waals surface area contributed by atoms with Gasteiger partial charge in [0.15, 0.2) is 0 Å². The van der Waals surface area contributed by atoms with E-state index in [4.69, 9.17) is 4.74 Å². The monoisotopic (exact) mass is 441 g/mol. The molecular weight excluding hydrogens is 414 g/mol. The maximum Gasteiger partial charge on any atom is 0.408 e. The molecule has 0 unspecified atom stereocenters. The maximum atomic E-state index is 13.1. The molecule has 0 bridgehead atoms. The van der Waals surface area contributed by atoms with Gasteiger partial charge in [0.05, 0.1) is 0 Å². The first-order chi connectivity index (χ1) is 16.1. The van der Waals surface area contributed by atoms with E-state index < -0.39 is 12.1 Å². The summed E-state index contributed by atoms with van der Waals surface area (Å²) in [6, 6.07) is 24.5. The van der Waals surface area contributed by atoms with Crippen molar-refractivity contribution >= 4 is 22.9 Å². The number of para-hydroxylation sites is 1. The van der Waals surface area contributed by atoms with Crippen LogP contribution in [-0.2, 0) is 29.1 Å². The summed E-state index contributed by atoms with van der Waals surface area (Å²) in [4.78, 5) is 28.8. The van der Waals surface area contributed by atoms with E-state index in [2.05, 4.69) is 15.6 Å². The number of aromatic amines is 1. The Labute approximate surface area is 193 Å². The Morgan fingerprint density at radius 2 is 1.64 bits per heavy atom. The van der Waals surface area contributed by atoms with Crippen molar-refractivity contribution in [3.63, 3.8) is 0 Å². The molecule has 33 heavy (non-hydrogen) atoms. The van der Waals surface area contributed by atoms with Gasteiger partial charge >= 0.3 is 6.09 Å². The predicted octanol–water partition coefficient (Wildman–Crippen LogP) is 4.63. The number of aryl methyl sites for hydroxylation is 1. The number of aromatic nitrogens is 1. The molecular formula is C27H27N3O3. The van der Waals surface area contributed by atoms with E-state index in [0.29, 0.717) is 13.0 Å². The van der Waals surface area contributed by atoms with Gasteiger partial charge in [0.2, 0.25) is 5.91 Å². The first kappa shape index (κ1) is 22.1. The lowest BCUT2D eigenvalue weighted by molar-refractivity contribution is -0.123. The predicted molar refractivity (Wildman–Crippen MR) is 129 cm³/mol. The second-order valence-electron chi connectivity index (χ2n) is 8.03. The van der Waals surface area contributed by atoms with Crippen molar-refractivity contribution in [1.29, 1.82) is 0 Å². The molecule has 4 aromatic rings. The molecule has 1 aromatic heterocycles. The molecule has 6 nitrogen and oxygen atoms in total. The number of H-pyrrole nitrogens is 1. The summed E-state index contributed by atoms with van der Waals surface area (Å²) >= 11 is 0. The number of rotatable bonds is 8. The smallest absolute Gasteiger partial charge is 0.408 e. The normalized spacial score (nSPS) is 11.7. The fourth-order valence-electron chi connectivity index (χ4n) is 3.66. The highest BCUT2D eigenvalue weighted by atomic mass is 16.5. The first-order valence-corrected chi connectivity index (χ1v) is 10.9. The van der Waals surface area contributed by atoms with E-state index in [1.165, 1.54) is 0 Å².